The highest BCUT2D eigenvalue weighted by Crippen LogP contribution is 2.10. The van der Waals surface area contributed by atoms with Gasteiger partial charge in [0, 0.05) is 43.3 Å². The zero-order valence-electron chi connectivity index (χ0n) is 14.2. The van der Waals surface area contributed by atoms with Crippen LogP contribution in [0.5, 0.6) is 0 Å². The van der Waals surface area contributed by atoms with E-state index in [-0.39, 0.29) is 0 Å². The minimum absolute atomic E-state index is 0.525. The third-order valence-electron chi connectivity index (χ3n) is 3.32. The SMILES string of the molecule is CCNC(=NCCCc1nc(C)cs1)NCCc1ccc(Cl)nc1. The van der Waals surface area contributed by atoms with Gasteiger partial charge in [0.25, 0.3) is 0 Å². The van der Waals surface area contributed by atoms with Crippen molar-refractivity contribution in [1.82, 2.24) is 20.6 Å². The molecule has 0 spiro atoms. The molecule has 24 heavy (non-hydrogen) atoms. The van der Waals surface area contributed by atoms with Gasteiger partial charge in [-0.2, -0.15) is 0 Å². The van der Waals surface area contributed by atoms with E-state index in [1.807, 2.05) is 25.3 Å². The Hall–Kier alpha value is -1.66. The van der Waals surface area contributed by atoms with Crippen LogP contribution in [0.2, 0.25) is 5.15 Å². The van der Waals surface area contributed by atoms with E-state index >= 15 is 0 Å². The number of hydrogen-bond donors (Lipinski definition) is 2. The predicted molar refractivity (Wildman–Crippen MR) is 102 cm³/mol. The summed E-state index contributed by atoms with van der Waals surface area (Å²) in [4.78, 5) is 13.2. The molecule has 130 valence electrons. The van der Waals surface area contributed by atoms with Crippen molar-refractivity contribution in [2.45, 2.75) is 33.1 Å². The fourth-order valence-electron chi connectivity index (χ4n) is 2.16. The number of thiazole rings is 1. The molecule has 0 amide bonds. The van der Waals surface area contributed by atoms with Crippen molar-refractivity contribution in [1.29, 1.82) is 0 Å². The van der Waals surface area contributed by atoms with E-state index in [9.17, 15) is 0 Å². The van der Waals surface area contributed by atoms with Gasteiger partial charge < -0.3 is 10.6 Å². The lowest BCUT2D eigenvalue weighted by Gasteiger charge is -2.11. The molecule has 2 N–H and O–H groups in total. The fourth-order valence-corrected chi connectivity index (χ4v) is 3.09. The minimum atomic E-state index is 0.525. The second-order valence-corrected chi connectivity index (χ2v) is 6.74. The monoisotopic (exact) mass is 365 g/mol. The van der Waals surface area contributed by atoms with Gasteiger partial charge in [-0.1, -0.05) is 17.7 Å². The molecule has 2 rings (SSSR count). The molecule has 0 aromatic carbocycles. The molecule has 2 aromatic heterocycles. The first-order valence-corrected chi connectivity index (χ1v) is 9.46. The number of aromatic nitrogens is 2. The molecule has 0 aliphatic carbocycles. The van der Waals surface area contributed by atoms with Gasteiger partial charge in [-0.05, 0) is 38.3 Å². The molecule has 0 atom stereocenters. The topological polar surface area (TPSA) is 62.2 Å². The lowest BCUT2D eigenvalue weighted by molar-refractivity contribution is 0.773. The Bertz CT molecular complexity index is 639. The zero-order chi connectivity index (χ0) is 17.2. The molecule has 0 unspecified atom stereocenters. The summed E-state index contributed by atoms with van der Waals surface area (Å²) in [7, 11) is 0. The first kappa shape index (κ1) is 18.7. The molecule has 0 saturated heterocycles. The molecule has 0 radical (unpaired) electrons. The lowest BCUT2D eigenvalue weighted by Crippen LogP contribution is -2.38. The Morgan fingerprint density at radius 2 is 2.17 bits per heavy atom. The van der Waals surface area contributed by atoms with Crippen LogP contribution in [-0.2, 0) is 12.8 Å². The maximum atomic E-state index is 5.79. The molecule has 0 saturated carbocycles. The number of aliphatic imine (C=N–C) groups is 1. The van der Waals surface area contributed by atoms with E-state index in [4.69, 9.17) is 11.6 Å². The molecular weight excluding hydrogens is 342 g/mol. The molecule has 2 heterocycles. The number of rotatable bonds is 8. The Labute approximate surface area is 152 Å². The standard InChI is InChI=1S/C17H24ClN5S/c1-3-19-17(20-9-4-5-16-23-13(2)12-24-16)21-10-8-14-6-7-15(18)22-11-14/h6-7,11-12H,3-5,8-10H2,1-2H3,(H2,19,20,21). The first-order valence-electron chi connectivity index (χ1n) is 8.21. The minimum Gasteiger partial charge on any atom is -0.357 e. The largest absolute Gasteiger partial charge is 0.357 e. The molecule has 7 heteroatoms. The van der Waals surface area contributed by atoms with Crippen LogP contribution in [-0.4, -0.2) is 35.6 Å². The van der Waals surface area contributed by atoms with Crippen LogP contribution in [0.25, 0.3) is 0 Å². The fraction of sp³-hybridized carbons (Fsp3) is 0.471. The highest BCUT2D eigenvalue weighted by molar-refractivity contribution is 7.09. The summed E-state index contributed by atoms with van der Waals surface area (Å²) < 4.78 is 0. The average Bonchev–Trinajstić information content (AvgIpc) is 2.99. The molecular formula is C17H24ClN5S. The Balaban J connectivity index is 1.72. The van der Waals surface area contributed by atoms with Gasteiger partial charge in [0.05, 0.1) is 5.01 Å². The highest BCUT2D eigenvalue weighted by atomic mass is 35.5. The van der Waals surface area contributed by atoms with E-state index in [0.29, 0.717) is 5.15 Å². The second-order valence-electron chi connectivity index (χ2n) is 5.41. The Morgan fingerprint density at radius 1 is 1.29 bits per heavy atom. The normalized spacial score (nSPS) is 11.5. The van der Waals surface area contributed by atoms with Crippen molar-refractivity contribution < 1.29 is 0 Å². The van der Waals surface area contributed by atoms with Crippen molar-refractivity contribution in [2.24, 2.45) is 4.99 Å². The molecule has 0 aliphatic rings. The number of nitrogens with one attached hydrogen (secondary N) is 2. The summed E-state index contributed by atoms with van der Waals surface area (Å²) in [5, 5.41) is 10.4. The van der Waals surface area contributed by atoms with Gasteiger partial charge in [0.1, 0.15) is 5.15 Å². The van der Waals surface area contributed by atoms with Crippen LogP contribution in [0, 0.1) is 6.92 Å². The number of aryl methyl sites for hydroxylation is 2. The molecule has 0 fully saturated rings. The number of guanidine groups is 1. The highest BCUT2D eigenvalue weighted by Gasteiger charge is 2.00. The van der Waals surface area contributed by atoms with E-state index in [2.05, 4.69) is 37.9 Å². The van der Waals surface area contributed by atoms with E-state index < -0.39 is 0 Å². The van der Waals surface area contributed by atoms with Gasteiger partial charge in [0.15, 0.2) is 5.96 Å². The van der Waals surface area contributed by atoms with Crippen LogP contribution in [0.1, 0.15) is 29.6 Å². The van der Waals surface area contributed by atoms with Crippen molar-refractivity contribution in [3.63, 3.8) is 0 Å². The smallest absolute Gasteiger partial charge is 0.191 e. The Kier molecular flexibility index (Phi) is 7.98. The Morgan fingerprint density at radius 3 is 2.83 bits per heavy atom. The molecule has 5 nitrogen and oxygen atoms in total. The van der Waals surface area contributed by atoms with Crippen molar-refractivity contribution in [2.75, 3.05) is 19.6 Å². The van der Waals surface area contributed by atoms with Crippen molar-refractivity contribution >= 4 is 28.9 Å². The summed E-state index contributed by atoms with van der Waals surface area (Å²) in [5.41, 5.74) is 2.26. The average molecular weight is 366 g/mol. The van der Waals surface area contributed by atoms with Gasteiger partial charge in [0.2, 0.25) is 0 Å². The van der Waals surface area contributed by atoms with E-state index in [1.165, 1.54) is 5.01 Å². The first-order chi connectivity index (χ1) is 11.7. The van der Waals surface area contributed by atoms with Crippen LogP contribution in [0.4, 0.5) is 0 Å². The van der Waals surface area contributed by atoms with Gasteiger partial charge in [-0.3, -0.25) is 4.99 Å². The summed E-state index contributed by atoms with van der Waals surface area (Å²) in [6.45, 7) is 6.54. The third kappa shape index (κ3) is 6.84. The number of hydrogen-bond acceptors (Lipinski definition) is 4. The summed E-state index contributed by atoms with van der Waals surface area (Å²) in [6, 6.07) is 3.81. The van der Waals surface area contributed by atoms with Crippen molar-refractivity contribution in [3.8, 4) is 0 Å². The quantitative estimate of drug-likeness (QED) is 0.326. The van der Waals surface area contributed by atoms with Gasteiger partial charge in [-0.15, -0.1) is 11.3 Å². The number of halogens is 1. The molecule has 0 aliphatic heterocycles. The second kappa shape index (κ2) is 10.3. The van der Waals surface area contributed by atoms with Crippen LogP contribution >= 0.6 is 22.9 Å². The van der Waals surface area contributed by atoms with E-state index in [1.54, 1.807) is 11.3 Å². The maximum absolute atomic E-state index is 5.79. The molecule has 0 bridgehead atoms. The zero-order valence-corrected chi connectivity index (χ0v) is 15.8. The maximum Gasteiger partial charge on any atom is 0.191 e. The van der Waals surface area contributed by atoms with Crippen LogP contribution < -0.4 is 10.6 Å². The lowest BCUT2D eigenvalue weighted by atomic mass is 10.2. The molecule has 2 aromatic rings. The number of pyridine rings is 1. The third-order valence-corrected chi connectivity index (χ3v) is 4.57. The van der Waals surface area contributed by atoms with Crippen molar-refractivity contribution in [3.05, 3.63) is 45.1 Å². The summed E-state index contributed by atoms with van der Waals surface area (Å²) in [5.74, 6) is 0.856. The van der Waals surface area contributed by atoms with Crippen LogP contribution in [0.15, 0.2) is 28.7 Å². The summed E-state index contributed by atoms with van der Waals surface area (Å²) in [6.07, 6.45) is 4.68. The number of nitrogens with zero attached hydrogens (tertiary/aromatic N) is 3. The van der Waals surface area contributed by atoms with E-state index in [0.717, 1.165) is 56.1 Å². The summed E-state index contributed by atoms with van der Waals surface area (Å²) >= 11 is 7.52. The van der Waals surface area contributed by atoms with Gasteiger partial charge in [-0.25, -0.2) is 9.97 Å². The predicted octanol–water partition coefficient (Wildman–Crippen LogP) is 3.23. The van der Waals surface area contributed by atoms with Gasteiger partial charge >= 0.3 is 0 Å². The van der Waals surface area contributed by atoms with Crippen LogP contribution in [0.3, 0.4) is 0 Å².